The normalized spacial score (nSPS) is 23.6. The molecule has 2 N–H and O–H groups in total. The van der Waals surface area contributed by atoms with Crippen molar-refractivity contribution in [1.29, 1.82) is 0 Å². The van der Waals surface area contributed by atoms with Gasteiger partial charge in [-0.25, -0.2) is 4.98 Å². The zero-order valence-corrected chi connectivity index (χ0v) is 13.3. The fourth-order valence-corrected chi connectivity index (χ4v) is 3.76. The van der Waals surface area contributed by atoms with Gasteiger partial charge in [-0.05, 0) is 43.9 Å². The van der Waals surface area contributed by atoms with Gasteiger partial charge in [-0.1, -0.05) is 17.4 Å². The first-order valence-corrected chi connectivity index (χ1v) is 8.44. The van der Waals surface area contributed by atoms with Crippen molar-refractivity contribution in [3.63, 3.8) is 0 Å². The van der Waals surface area contributed by atoms with Crippen LogP contribution >= 0.6 is 11.3 Å². The van der Waals surface area contributed by atoms with Crippen molar-refractivity contribution < 1.29 is 4.74 Å². The molecule has 21 heavy (non-hydrogen) atoms. The Bertz CT molecular complexity index is 667. The van der Waals surface area contributed by atoms with Crippen LogP contribution in [0.25, 0.3) is 10.2 Å². The lowest BCUT2D eigenvalue weighted by Crippen LogP contribution is -2.50. The highest BCUT2D eigenvalue weighted by Gasteiger charge is 2.45. The smallest absolute Gasteiger partial charge is 0.183 e. The van der Waals surface area contributed by atoms with Crippen molar-refractivity contribution >= 4 is 26.7 Å². The van der Waals surface area contributed by atoms with E-state index >= 15 is 0 Å². The molecule has 2 aliphatic rings. The van der Waals surface area contributed by atoms with E-state index in [-0.39, 0.29) is 6.10 Å². The minimum atomic E-state index is 0.242. The highest BCUT2D eigenvalue weighted by atomic mass is 32.1. The fraction of sp³-hybridized carbons (Fsp3) is 0.562. The van der Waals surface area contributed by atoms with E-state index in [1.807, 2.05) is 0 Å². The molecule has 1 aliphatic heterocycles. The molecule has 2 fully saturated rings. The Labute approximate surface area is 128 Å². The number of thiazole rings is 1. The number of hydrogen-bond acceptors (Lipinski definition) is 5. The predicted octanol–water partition coefficient (Wildman–Crippen LogP) is 2.85. The highest BCUT2D eigenvalue weighted by Crippen LogP contribution is 2.37. The maximum Gasteiger partial charge on any atom is 0.183 e. The van der Waals surface area contributed by atoms with Crippen LogP contribution in [0.4, 0.5) is 5.13 Å². The molecule has 1 spiro atoms. The lowest BCUT2D eigenvalue weighted by Gasteiger charge is -2.30. The highest BCUT2D eigenvalue weighted by molar-refractivity contribution is 7.22. The van der Waals surface area contributed by atoms with Gasteiger partial charge in [0.25, 0.3) is 0 Å². The third kappa shape index (κ3) is 2.54. The Balaban J connectivity index is 1.42. The topological polar surface area (TPSA) is 46.2 Å². The van der Waals surface area contributed by atoms with Crippen LogP contribution in [0.3, 0.4) is 0 Å². The second-order valence-corrected chi connectivity index (χ2v) is 7.38. The number of ether oxygens (including phenoxy) is 1. The fourth-order valence-electron chi connectivity index (χ4n) is 2.82. The standard InChI is InChI=1S/C16H21N3OS/c1-10-3-4-13-14(11(10)2)19-15(21-13)17-7-12-8-18-16(5-6-16)9-20-12/h3-4,12,18H,5-9H2,1-2H3,(H,17,19). The molecule has 0 bridgehead atoms. The van der Waals surface area contributed by atoms with Crippen molar-refractivity contribution in [3.8, 4) is 0 Å². The van der Waals surface area contributed by atoms with Gasteiger partial charge in [0, 0.05) is 18.6 Å². The van der Waals surface area contributed by atoms with Crippen LogP contribution < -0.4 is 10.6 Å². The molecule has 2 heterocycles. The third-order valence-electron chi connectivity index (χ3n) is 4.72. The second kappa shape index (κ2) is 4.93. The molecule has 5 heteroatoms. The van der Waals surface area contributed by atoms with Gasteiger partial charge in [0.05, 0.1) is 22.9 Å². The molecule has 4 nitrogen and oxygen atoms in total. The number of aromatic nitrogens is 1. The lowest BCUT2D eigenvalue weighted by molar-refractivity contribution is 0.00475. The van der Waals surface area contributed by atoms with Crippen LogP contribution in [-0.4, -0.2) is 36.3 Å². The maximum absolute atomic E-state index is 5.95. The van der Waals surface area contributed by atoms with Gasteiger partial charge in [0.15, 0.2) is 5.13 Å². The van der Waals surface area contributed by atoms with Crippen LogP contribution in [0.2, 0.25) is 0 Å². The van der Waals surface area contributed by atoms with Crippen LogP contribution in [0, 0.1) is 13.8 Å². The molecule has 1 aliphatic carbocycles. The lowest BCUT2D eigenvalue weighted by atomic mass is 10.1. The number of hydrogen-bond donors (Lipinski definition) is 2. The first-order valence-electron chi connectivity index (χ1n) is 7.62. The summed E-state index contributed by atoms with van der Waals surface area (Å²) in [4.78, 5) is 4.73. The van der Waals surface area contributed by atoms with Crippen LogP contribution in [0.5, 0.6) is 0 Å². The van der Waals surface area contributed by atoms with Gasteiger partial charge in [-0.2, -0.15) is 0 Å². The Morgan fingerprint density at radius 2 is 2.29 bits per heavy atom. The summed E-state index contributed by atoms with van der Waals surface area (Å²) in [5.41, 5.74) is 4.04. The van der Waals surface area contributed by atoms with E-state index < -0.39 is 0 Å². The largest absolute Gasteiger partial charge is 0.373 e. The van der Waals surface area contributed by atoms with Crippen molar-refractivity contribution in [2.24, 2.45) is 0 Å². The summed E-state index contributed by atoms with van der Waals surface area (Å²) in [5.74, 6) is 0. The maximum atomic E-state index is 5.95. The Morgan fingerprint density at radius 1 is 1.43 bits per heavy atom. The summed E-state index contributed by atoms with van der Waals surface area (Å²) in [5, 5.41) is 8.05. The van der Waals surface area contributed by atoms with Crippen LogP contribution in [-0.2, 0) is 4.74 Å². The zero-order valence-electron chi connectivity index (χ0n) is 12.5. The van der Waals surface area contributed by atoms with E-state index in [0.29, 0.717) is 5.54 Å². The van der Waals surface area contributed by atoms with Crippen molar-refractivity contribution in [3.05, 3.63) is 23.3 Å². The number of anilines is 1. The van der Waals surface area contributed by atoms with E-state index in [2.05, 4.69) is 36.6 Å². The summed E-state index contributed by atoms with van der Waals surface area (Å²) >= 11 is 1.72. The Morgan fingerprint density at radius 3 is 3.00 bits per heavy atom. The molecular weight excluding hydrogens is 282 g/mol. The van der Waals surface area contributed by atoms with E-state index in [1.54, 1.807) is 11.3 Å². The number of fused-ring (bicyclic) bond motifs is 1. The molecule has 0 amide bonds. The average Bonchev–Trinajstić information content (AvgIpc) is 3.11. The van der Waals surface area contributed by atoms with E-state index in [9.17, 15) is 0 Å². The van der Waals surface area contributed by atoms with E-state index in [0.717, 1.165) is 30.3 Å². The minimum Gasteiger partial charge on any atom is -0.373 e. The zero-order chi connectivity index (χ0) is 14.4. The number of rotatable bonds is 3. The SMILES string of the molecule is Cc1ccc2sc(NCC3CNC4(CC4)CO3)nc2c1C. The average molecular weight is 303 g/mol. The number of aryl methyl sites for hydroxylation is 2. The predicted molar refractivity (Wildman–Crippen MR) is 87.3 cm³/mol. The minimum absolute atomic E-state index is 0.242. The van der Waals surface area contributed by atoms with Crippen molar-refractivity contribution in [1.82, 2.24) is 10.3 Å². The first-order chi connectivity index (χ1) is 10.2. The Hall–Kier alpha value is -1.17. The quantitative estimate of drug-likeness (QED) is 0.915. The molecule has 1 aromatic heterocycles. The third-order valence-corrected chi connectivity index (χ3v) is 5.70. The molecule has 1 saturated carbocycles. The van der Waals surface area contributed by atoms with Gasteiger partial charge in [-0.15, -0.1) is 0 Å². The van der Waals surface area contributed by atoms with Gasteiger partial charge in [-0.3, -0.25) is 0 Å². The number of nitrogens with zero attached hydrogens (tertiary/aromatic N) is 1. The van der Waals surface area contributed by atoms with Gasteiger partial charge in [0.2, 0.25) is 0 Å². The van der Waals surface area contributed by atoms with Gasteiger partial charge < -0.3 is 15.4 Å². The summed E-state index contributed by atoms with van der Waals surface area (Å²) in [7, 11) is 0. The molecule has 0 radical (unpaired) electrons. The first kappa shape index (κ1) is 13.5. The summed E-state index contributed by atoms with van der Waals surface area (Å²) in [6.45, 7) is 6.90. The summed E-state index contributed by atoms with van der Waals surface area (Å²) in [6.07, 6.45) is 2.78. The summed E-state index contributed by atoms with van der Waals surface area (Å²) in [6, 6.07) is 4.33. The molecule has 1 aromatic carbocycles. The molecule has 1 unspecified atom stereocenters. The van der Waals surface area contributed by atoms with E-state index in [4.69, 9.17) is 9.72 Å². The molecule has 2 aromatic rings. The second-order valence-electron chi connectivity index (χ2n) is 6.35. The molecule has 1 saturated heterocycles. The van der Waals surface area contributed by atoms with Crippen LogP contribution in [0.15, 0.2) is 12.1 Å². The van der Waals surface area contributed by atoms with Gasteiger partial charge in [0.1, 0.15) is 0 Å². The van der Waals surface area contributed by atoms with Crippen molar-refractivity contribution in [2.75, 3.05) is 25.0 Å². The molecular formula is C16H21N3OS. The van der Waals surface area contributed by atoms with Crippen molar-refractivity contribution in [2.45, 2.75) is 38.3 Å². The monoisotopic (exact) mass is 303 g/mol. The molecule has 112 valence electrons. The van der Waals surface area contributed by atoms with Gasteiger partial charge >= 0.3 is 0 Å². The Kier molecular flexibility index (Phi) is 3.17. The number of benzene rings is 1. The van der Waals surface area contributed by atoms with E-state index in [1.165, 1.54) is 28.7 Å². The molecule has 4 rings (SSSR count). The summed E-state index contributed by atoms with van der Waals surface area (Å²) < 4.78 is 7.20. The molecule has 1 atom stereocenters. The number of nitrogens with one attached hydrogen (secondary N) is 2. The van der Waals surface area contributed by atoms with Crippen LogP contribution in [0.1, 0.15) is 24.0 Å². The number of morpholine rings is 1.